The molecule has 0 radical (unpaired) electrons. The first kappa shape index (κ1) is 14.5. The van der Waals surface area contributed by atoms with E-state index in [1.165, 1.54) is 11.3 Å². The van der Waals surface area contributed by atoms with Crippen molar-refractivity contribution < 1.29 is 9.59 Å². The molecular formula is C11H18N4O2S. The van der Waals surface area contributed by atoms with E-state index in [9.17, 15) is 9.59 Å². The Morgan fingerprint density at radius 2 is 2.22 bits per heavy atom. The summed E-state index contributed by atoms with van der Waals surface area (Å²) in [5.41, 5.74) is 5.11. The molecule has 1 atom stereocenters. The molecule has 0 spiro atoms. The van der Waals surface area contributed by atoms with Crippen molar-refractivity contribution in [3.05, 3.63) is 22.4 Å². The van der Waals surface area contributed by atoms with Crippen molar-refractivity contribution in [3.63, 3.8) is 0 Å². The van der Waals surface area contributed by atoms with Gasteiger partial charge in [-0.3, -0.25) is 4.79 Å². The molecule has 0 bridgehead atoms. The Balaban J connectivity index is 2.51. The number of amides is 3. The second-order valence-corrected chi connectivity index (χ2v) is 4.71. The fraction of sp³-hybridized carbons (Fsp3) is 0.455. The van der Waals surface area contributed by atoms with Gasteiger partial charge >= 0.3 is 6.03 Å². The van der Waals surface area contributed by atoms with Gasteiger partial charge in [0.25, 0.3) is 0 Å². The quantitative estimate of drug-likeness (QED) is 0.532. The predicted octanol–water partition coefficient (Wildman–Crippen LogP) is 0.183. The van der Waals surface area contributed by atoms with Crippen LogP contribution in [0.25, 0.3) is 0 Å². The minimum Gasteiger partial charge on any atom is -0.355 e. The van der Waals surface area contributed by atoms with Crippen LogP contribution in [0.5, 0.6) is 0 Å². The molecule has 6 nitrogen and oxygen atoms in total. The summed E-state index contributed by atoms with van der Waals surface area (Å²) in [6, 6.07) is 2.74. The molecule has 1 unspecified atom stereocenters. The van der Waals surface area contributed by atoms with E-state index in [2.05, 4.69) is 16.0 Å². The maximum Gasteiger partial charge on any atom is 0.312 e. The molecule has 0 saturated heterocycles. The molecule has 1 aromatic rings. The van der Waals surface area contributed by atoms with Crippen LogP contribution >= 0.6 is 11.3 Å². The van der Waals surface area contributed by atoms with Gasteiger partial charge in [0, 0.05) is 18.0 Å². The Bertz CT molecular complexity index is 380. The Hall–Kier alpha value is -1.60. The molecule has 5 N–H and O–H groups in total. The molecular weight excluding hydrogens is 252 g/mol. The number of urea groups is 1. The van der Waals surface area contributed by atoms with Gasteiger partial charge in [0.15, 0.2) is 0 Å². The van der Waals surface area contributed by atoms with Gasteiger partial charge in [0.05, 0.1) is 12.5 Å². The number of hydrogen-bond donors (Lipinski definition) is 4. The standard InChI is InChI=1S/C11H18N4O2S/c1-13-4-5-14-10(16)7-8(15-11(12)17)9-3-2-6-18-9/h2-3,6,8,13H,4-5,7H2,1H3,(H,14,16)(H3,12,15,17). The number of hydrogen-bond acceptors (Lipinski definition) is 4. The smallest absolute Gasteiger partial charge is 0.312 e. The van der Waals surface area contributed by atoms with Crippen molar-refractivity contribution in [2.45, 2.75) is 12.5 Å². The zero-order chi connectivity index (χ0) is 13.4. The number of carbonyl (C=O) groups excluding carboxylic acids is 2. The third-order valence-electron chi connectivity index (χ3n) is 2.29. The molecule has 7 heteroatoms. The molecule has 3 amide bonds. The summed E-state index contributed by atoms with van der Waals surface area (Å²) < 4.78 is 0. The fourth-order valence-electron chi connectivity index (χ4n) is 1.47. The van der Waals surface area contributed by atoms with Crippen LogP contribution in [0, 0.1) is 0 Å². The van der Waals surface area contributed by atoms with E-state index in [1.807, 2.05) is 24.6 Å². The number of nitrogens with two attached hydrogens (primary N) is 1. The van der Waals surface area contributed by atoms with Crippen LogP contribution in [0.4, 0.5) is 4.79 Å². The molecule has 0 saturated carbocycles. The Morgan fingerprint density at radius 1 is 1.44 bits per heavy atom. The zero-order valence-electron chi connectivity index (χ0n) is 10.2. The second-order valence-electron chi connectivity index (χ2n) is 3.73. The second kappa shape index (κ2) is 7.67. The third kappa shape index (κ3) is 5.15. The molecule has 1 rings (SSSR count). The molecule has 18 heavy (non-hydrogen) atoms. The van der Waals surface area contributed by atoms with Crippen LogP contribution in [-0.4, -0.2) is 32.1 Å². The van der Waals surface area contributed by atoms with Crippen molar-refractivity contribution in [1.82, 2.24) is 16.0 Å². The van der Waals surface area contributed by atoms with Gasteiger partial charge in [0.1, 0.15) is 0 Å². The van der Waals surface area contributed by atoms with Crippen molar-refractivity contribution >= 4 is 23.3 Å². The van der Waals surface area contributed by atoms with Gasteiger partial charge in [-0.2, -0.15) is 0 Å². The van der Waals surface area contributed by atoms with Crippen molar-refractivity contribution in [1.29, 1.82) is 0 Å². The zero-order valence-corrected chi connectivity index (χ0v) is 11.0. The van der Waals surface area contributed by atoms with Crippen LogP contribution in [0.15, 0.2) is 17.5 Å². The van der Waals surface area contributed by atoms with Crippen LogP contribution in [0.2, 0.25) is 0 Å². The Labute approximate surface area is 110 Å². The highest BCUT2D eigenvalue weighted by Gasteiger charge is 2.17. The summed E-state index contributed by atoms with van der Waals surface area (Å²) in [5.74, 6) is -0.114. The largest absolute Gasteiger partial charge is 0.355 e. The number of carbonyl (C=O) groups is 2. The molecule has 0 fully saturated rings. The van der Waals surface area contributed by atoms with Crippen LogP contribution in [0.1, 0.15) is 17.3 Å². The van der Waals surface area contributed by atoms with E-state index in [0.717, 1.165) is 4.88 Å². The monoisotopic (exact) mass is 270 g/mol. The molecule has 1 heterocycles. The number of primary amides is 1. The van der Waals surface area contributed by atoms with Gasteiger partial charge in [-0.1, -0.05) is 6.07 Å². The lowest BCUT2D eigenvalue weighted by Crippen LogP contribution is -2.37. The van der Waals surface area contributed by atoms with Gasteiger partial charge < -0.3 is 21.7 Å². The van der Waals surface area contributed by atoms with Crippen LogP contribution < -0.4 is 21.7 Å². The number of thiophene rings is 1. The van der Waals surface area contributed by atoms with Crippen molar-refractivity contribution in [3.8, 4) is 0 Å². The van der Waals surface area contributed by atoms with E-state index < -0.39 is 6.03 Å². The average molecular weight is 270 g/mol. The summed E-state index contributed by atoms with van der Waals surface area (Å²) in [6.45, 7) is 1.27. The predicted molar refractivity (Wildman–Crippen MR) is 71.3 cm³/mol. The van der Waals surface area contributed by atoms with Gasteiger partial charge in [0.2, 0.25) is 5.91 Å². The first-order chi connectivity index (χ1) is 8.63. The fourth-order valence-corrected chi connectivity index (χ4v) is 2.25. The number of likely N-dealkylation sites (N-methyl/N-ethyl adjacent to an activating group) is 1. The molecule has 0 aromatic carbocycles. The lowest BCUT2D eigenvalue weighted by atomic mass is 10.1. The minimum absolute atomic E-state index is 0.114. The maximum atomic E-state index is 11.7. The first-order valence-corrected chi connectivity index (χ1v) is 6.52. The summed E-state index contributed by atoms with van der Waals surface area (Å²) in [6.07, 6.45) is 0.188. The first-order valence-electron chi connectivity index (χ1n) is 5.64. The lowest BCUT2D eigenvalue weighted by molar-refractivity contribution is -0.121. The van der Waals surface area contributed by atoms with Crippen molar-refractivity contribution in [2.75, 3.05) is 20.1 Å². The van der Waals surface area contributed by atoms with Crippen molar-refractivity contribution in [2.24, 2.45) is 5.73 Å². The third-order valence-corrected chi connectivity index (χ3v) is 3.28. The number of rotatable bonds is 7. The Morgan fingerprint density at radius 3 is 2.78 bits per heavy atom. The Kier molecular flexibility index (Phi) is 6.16. The van der Waals surface area contributed by atoms with Gasteiger partial charge in [-0.05, 0) is 18.5 Å². The molecule has 0 aliphatic rings. The minimum atomic E-state index is -0.628. The molecule has 1 aromatic heterocycles. The highest BCUT2D eigenvalue weighted by Crippen LogP contribution is 2.21. The van der Waals surface area contributed by atoms with E-state index in [4.69, 9.17) is 5.73 Å². The molecule has 100 valence electrons. The number of nitrogens with one attached hydrogen (secondary N) is 3. The maximum absolute atomic E-state index is 11.7. The average Bonchev–Trinajstić information content (AvgIpc) is 2.81. The van der Waals surface area contributed by atoms with Gasteiger partial charge in [-0.15, -0.1) is 11.3 Å². The van der Waals surface area contributed by atoms with E-state index in [0.29, 0.717) is 13.1 Å². The SMILES string of the molecule is CNCCNC(=O)CC(NC(N)=O)c1cccs1. The summed E-state index contributed by atoms with van der Waals surface area (Å²) in [5, 5.41) is 10.2. The molecule has 0 aliphatic carbocycles. The highest BCUT2D eigenvalue weighted by atomic mass is 32.1. The lowest BCUT2D eigenvalue weighted by Gasteiger charge is -2.15. The van der Waals surface area contributed by atoms with E-state index in [1.54, 1.807) is 0 Å². The topological polar surface area (TPSA) is 96.2 Å². The normalized spacial score (nSPS) is 11.8. The van der Waals surface area contributed by atoms with Crippen LogP contribution in [0.3, 0.4) is 0 Å². The summed E-state index contributed by atoms with van der Waals surface area (Å²) in [4.78, 5) is 23.5. The van der Waals surface area contributed by atoms with E-state index in [-0.39, 0.29) is 18.4 Å². The summed E-state index contributed by atoms with van der Waals surface area (Å²) in [7, 11) is 1.81. The molecule has 0 aliphatic heterocycles. The highest BCUT2D eigenvalue weighted by molar-refractivity contribution is 7.10. The van der Waals surface area contributed by atoms with Gasteiger partial charge in [-0.25, -0.2) is 4.79 Å². The van der Waals surface area contributed by atoms with Crippen LogP contribution in [-0.2, 0) is 4.79 Å². The van der Waals surface area contributed by atoms with E-state index >= 15 is 0 Å². The summed E-state index contributed by atoms with van der Waals surface area (Å²) >= 11 is 1.48.